The van der Waals surface area contributed by atoms with E-state index in [2.05, 4.69) is 27.3 Å². The molecule has 0 aliphatic rings. The fraction of sp³-hybridized carbons (Fsp3) is 0.133. The molecule has 0 saturated heterocycles. The van der Waals surface area contributed by atoms with Crippen molar-refractivity contribution < 1.29 is 9.90 Å². The van der Waals surface area contributed by atoms with Crippen LogP contribution in [0.4, 0.5) is 5.69 Å². The summed E-state index contributed by atoms with van der Waals surface area (Å²) in [4.78, 5) is 11.0. The number of rotatable bonds is 4. The molecule has 104 valence electrons. The minimum absolute atomic E-state index is 0.101. The van der Waals surface area contributed by atoms with Crippen molar-refractivity contribution >= 4 is 39.2 Å². The molecule has 2 rings (SSSR count). The second kappa shape index (κ2) is 6.29. The highest BCUT2D eigenvalue weighted by Gasteiger charge is 2.09. The van der Waals surface area contributed by atoms with Crippen LogP contribution in [0.15, 0.2) is 40.9 Å². The lowest BCUT2D eigenvalue weighted by Crippen LogP contribution is -2.03. The van der Waals surface area contributed by atoms with Gasteiger partial charge in [0.25, 0.3) is 0 Å². The molecule has 0 spiro atoms. The number of anilines is 1. The van der Waals surface area contributed by atoms with Gasteiger partial charge in [0.1, 0.15) is 0 Å². The highest BCUT2D eigenvalue weighted by molar-refractivity contribution is 9.10. The Morgan fingerprint density at radius 2 is 2.05 bits per heavy atom. The largest absolute Gasteiger partial charge is 0.478 e. The van der Waals surface area contributed by atoms with E-state index in [0.717, 1.165) is 21.3 Å². The molecule has 0 radical (unpaired) electrons. The number of carboxylic acids is 1. The SMILES string of the molecule is Cc1cc(CNc2ccc(Cl)c(C(=O)O)c2)ccc1Br. The molecule has 0 unspecified atom stereocenters. The lowest BCUT2D eigenvalue weighted by atomic mass is 10.1. The first kappa shape index (κ1) is 14.9. The van der Waals surface area contributed by atoms with E-state index in [1.54, 1.807) is 12.1 Å². The molecule has 2 aromatic rings. The molecule has 3 nitrogen and oxygen atoms in total. The maximum Gasteiger partial charge on any atom is 0.337 e. The molecule has 0 aliphatic heterocycles. The smallest absolute Gasteiger partial charge is 0.337 e. The maximum atomic E-state index is 11.0. The number of nitrogens with one attached hydrogen (secondary N) is 1. The van der Waals surface area contributed by atoms with E-state index in [0.29, 0.717) is 6.54 Å². The second-order valence-corrected chi connectivity index (χ2v) is 5.70. The van der Waals surface area contributed by atoms with Gasteiger partial charge in [0, 0.05) is 16.7 Å². The van der Waals surface area contributed by atoms with Crippen molar-refractivity contribution in [3.05, 3.63) is 62.6 Å². The average molecular weight is 355 g/mol. The summed E-state index contributed by atoms with van der Waals surface area (Å²) in [6.07, 6.45) is 0. The fourth-order valence-electron chi connectivity index (χ4n) is 1.82. The number of carboxylic acid groups (broad SMARTS) is 1. The molecule has 0 bridgehead atoms. The van der Waals surface area contributed by atoms with Gasteiger partial charge in [0.2, 0.25) is 0 Å². The van der Waals surface area contributed by atoms with Gasteiger partial charge in [0.05, 0.1) is 10.6 Å². The fourth-order valence-corrected chi connectivity index (χ4v) is 2.27. The molecular weight excluding hydrogens is 342 g/mol. The molecule has 0 aliphatic carbocycles. The number of hydrogen-bond acceptors (Lipinski definition) is 2. The Bertz CT molecular complexity index is 658. The first-order valence-corrected chi connectivity index (χ1v) is 7.16. The van der Waals surface area contributed by atoms with Crippen molar-refractivity contribution in [3.8, 4) is 0 Å². The summed E-state index contributed by atoms with van der Waals surface area (Å²) in [6.45, 7) is 2.65. The molecule has 2 N–H and O–H groups in total. The van der Waals surface area contributed by atoms with Gasteiger partial charge in [-0.2, -0.15) is 0 Å². The van der Waals surface area contributed by atoms with Crippen LogP contribution in [0, 0.1) is 6.92 Å². The first-order chi connectivity index (χ1) is 9.47. The van der Waals surface area contributed by atoms with Gasteiger partial charge in [-0.3, -0.25) is 0 Å². The summed E-state index contributed by atoms with van der Waals surface area (Å²) in [5.41, 5.74) is 3.11. The highest BCUT2D eigenvalue weighted by Crippen LogP contribution is 2.22. The molecule has 0 amide bonds. The van der Waals surface area contributed by atoms with Gasteiger partial charge in [-0.15, -0.1) is 0 Å². The topological polar surface area (TPSA) is 49.3 Å². The van der Waals surface area contributed by atoms with Crippen molar-refractivity contribution in [2.24, 2.45) is 0 Å². The zero-order chi connectivity index (χ0) is 14.7. The molecule has 0 aromatic heterocycles. The van der Waals surface area contributed by atoms with Gasteiger partial charge < -0.3 is 10.4 Å². The molecule has 5 heteroatoms. The minimum Gasteiger partial charge on any atom is -0.478 e. The van der Waals surface area contributed by atoms with Crippen LogP contribution in [0.3, 0.4) is 0 Å². The summed E-state index contributed by atoms with van der Waals surface area (Å²) in [6, 6.07) is 11.0. The molecule has 0 saturated carbocycles. The van der Waals surface area contributed by atoms with Crippen molar-refractivity contribution in [1.82, 2.24) is 0 Å². The Labute approximate surface area is 130 Å². The van der Waals surface area contributed by atoms with Crippen LogP contribution in [-0.4, -0.2) is 11.1 Å². The summed E-state index contributed by atoms with van der Waals surface area (Å²) in [5, 5.41) is 12.5. The molecule has 0 heterocycles. The Morgan fingerprint density at radius 3 is 2.70 bits per heavy atom. The van der Waals surface area contributed by atoms with Gasteiger partial charge >= 0.3 is 5.97 Å². The van der Waals surface area contributed by atoms with E-state index in [9.17, 15) is 4.79 Å². The summed E-state index contributed by atoms with van der Waals surface area (Å²) < 4.78 is 1.07. The quantitative estimate of drug-likeness (QED) is 0.835. The Balaban J connectivity index is 2.12. The molecule has 0 fully saturated rings. The Hall–Kier alpha value is -1.52. The van der Waals surface area contributed by atoms with Crippen molar-refractivity contribution in [2.75, 3.05) is 5.32 Å². The zero-order valence-electron chi connectivity index (χ0n) is 10.8. The summed E-state index contributed by atoms with van der Waals surface area (Å²) >= 11 is 9.29. The van der Waals surface area contributed by atoms with Gasteiger partial charge in [-0.1, -0.05) is 39.7 Å². The van der Waals surface area contributed by atoms with Crippen LogP contribution >= 0.6 is 27.5 Å². The number of aromatic carboxylic acids is 1. The number of benzene rings is 2. The highest BCUT2D eigenvalue weighted by atomic mass is 79.9. The van der Waals surface area contributed by atoms with E-state index >= 15 is 0 Å². The van der Waals surface area contributed by atoms with E-state index in [1.807, 2.05) is 19.1 Å². The van der Waals surface area contributed by atoms with Crippen LogP contribution in [0.2, 0.25) is 5.02 Å². The van der Waals surface area contributed by atoms with Gasteiger partial charge in [-0.05, 0) is 42.3 Å². The predicted molar refractivity (Wildman–Crippen MR) is 84.6 cm³/mol. The minimum atomic E-state index is -1.03. The standard InChI is InChI=1S/C15H13BrClNO2/c1-9-6-10(2-4-13(9)16)8-18-11-3-5-14(17)12(7-11)15(19)20/h2-7,18H,8H2,1H3,(H,19,20). The molecule has 20 heavy (non-hydrogen) atoms. The molecule has 0 atom stereocenters. The Kier molecular flexibility index (Phi) is 4.68. The number of aryl methyl sites for hydroxylation is 1. The third kappa shape index (κ3) is 3.52. The number of hydrogen-bond donors (Lipinski definition) is 2. The lowest BCUT2D eigenvalue weighted by molar-refractivity contribution is 0.0697. The van der Waals surface area contributed by atoms with Crippen LogP contribution in [0.1, 0.15) is 21.5 Å². The van der Waals surface area contributed by atoms with Gasteiger partial charge in [-0.25, -0.2) is 4.79 Å². The van der Waals surface area contributed by atoms with Crippen LogP contribution in [0.5, 0.6) is 0 Å². The third-order valence-electron chi connectivity index (χ3n) is 2.92. The van der Waals surface area contributed by atoms with Crippen LogP contribution in [-0.2, 0) is 6.54 Å². The van der Waals surface area contributed by atoms with Crippen LogP contribution in [0.25, 0.3) is 0 Å². The van der Waals surface area contributed by atoms with Crippen molar-refractivity contribution in [3.63, 3.8) is 0 Å². The Morgan fingerprint density at radius 1 is 1.30 bits per heavy atom. The van der Waals surface area contributed by atoms with E-state index in [-0.39, 0.29) is 10.6 Å². The zero-order valence-corrected chi connectivity index (χ0v) is 13.1. The van der Waals surface area contributed by atoms with Crippen molar-refractivity contribution in [2.45, 2.75) is 13.5 Å². The third-order valence-corrected chi connectivity index (χ3v) is 4.14. The maximum absolute atomic E-state index is 11.0. The van der Waals surface area contributed by atoms with Gasteiger partial charge in [0.15, 0.2) is 0 Å². The number of carbonyl (C=O) groups is 1. The molecule has 2 aromatic carbocycles. The lowest BCUT2D eigenvalue weighted by Gasteiger charge is -2.09. The van der Waals surface area contributed by atoms with Crippen LogP contribution < -0.4 is 5.32 Å². The predicted octanol–water partition coefficient (Wildman–Crippen LogP) is 4.72. The van der Waals surface area contributed by atoms with Crippen molar-refractivity contribution in [1.29, 1.82) is 0 Å². The average Bonchev–Trinajstić information content (AvgIpc) is 2.41. The normalized spacial score (nSPS) is 10.3. The number of halogens is 2. The van der Waals surface area contributed by atoms with E-state index in [1.165, 1.54) is 6.07 Å². The second-order valence-electron chi connectivity index (χ2n) is 4.44. The summed E-state index contributed by atoms with van der Waals surface area (Å²) in [5.74, 6) is -1.03. The molecular formula is C15H13BrClNO2. The van der Waals surface area contributed by atoms with E-state index in [4.69, 9.17) is 16.7 Å². The van der Waals surface area contributed by atoms with E-state index < -0.39 is 5.97 Å². The monoisotopic (exact) mass is 353 g/mol. The summed E-state index contributed by atoms with van der Waals surface area (Å²) in [7, 11) is 0. The first-order valence-electron chi connectivity index (χ1n) is 5.99.